The highest BCUT2D eigenvalue weighted by atomic mass is 16.3. The molecular weight excluding hydrogens is 432 g/mol. The molecule has 0 bridgehead atoms. The van der Waals surface area contributed by atoms with Crippen molar-refractivity contribution in [3.05, 3.63) is 35.9 Å². The highest BCUT2D eigenvalue weighted by Gasteiger charge is 2.56. The lowest BCUT2D eigenvalue weighted by molar-refractivity contribution is -0.121. The van der Waals surface area contributed by atoms with Gasteiger partial charge in [-0.3, -0.25) is 9.69 Å². The van der Waals surface area contributed by atoms with Crippen LogP contribution in [-0.4, -0.2) is 94.9 Å². The highest BCUT2D eigenvalue weighted by Crippen LogP contribution is 2.50. The van der Waals surface area contributed by atoms with E-state index in [2.05, 4.69) is 48.6 Å². The van der Waals surface area contributed by atoms with Gasteiger partial charge in [0.25, 0.3) is 0 Å². The van der Waals surface area contributed by atoms with E-state index < -0.39 is 5.60 Å². The van der Waals surface area contributed by atoms with E-state index in [0.29, 0.717) is 19.6 Å². The van der Waals surface area contributed by atoms with Gasteiger partial charge < -0.3 is 25.3 Å². The molecule has 3 fully saturated rings. The van der Waals surface area contributed by atoms with Gasteiger partial charge in [-0.1, -0.05) is 30.3 Å². The van der Waals surface area contributed by atoms with E-state index in [4.69, 9.17) is 5.11 Å². The number of carbonyl (C=O) groups is 2. The van der Waals surface area contributed by atoms with Crippen molar-refractivity contribution in [1.82, 2.24) is 20.0 Å². The lowest BCUT2D eigenvalue weighted by Gasteiger charge is -2.52. The summed E-state index contributed by atoms with van der Waals surface area (Å²) in [6.45, 7) is 1.44. The standard InChI is InChI=1S/C26H40N4O4/c1-28(2)26(21-7-4-3-5-8-21)14-12-24(13-15-26)19-29(17-9-22(32)27-16-18-31)23(33)30(24)20-25(34)10-6-11-25/h3-5,7-8,31,34H,6,9-20H2,1-2H3,(H,27,32)/t24-,26-. The second-order valence-electron chi connectivity index (χ2n) is 10.7. The maximum Gasteiger partial charge on any atom is 0.320 e. The van der Waals surface area contributed by atoms with E-state index in [1.54, 1.807) is 4.90 Å². The number of nitrogens with one attached hydrogen (secondary N) is 1. The molecule has 2 saturated carbocycles. The molecular formula is C26H40N4O4. The fraction of sp³-hybridized carbons (Fsp3) is 0.692. The third-order valence-corrected chi connectivity index (χ3v) is 8.51. The minimum atomic E-state index is -0.785. The Labute approximate surface area is 202 Å². The van der Waals surface area contributed by atoms with E-state index >= 15 is 0 Å². The summed E-state index contributed by atoms with van der Waals surface area (Å²) in [5.74, 6) is -0.161. The van der Waals surface area contributed by atoms with Crippen LogP contribution in [-0.2, 0) is 10.3 Å². The minimum absolute atomic E-state index is 0.0626. The van der Waals surface area contributed by atoms with E-state index in [0.717, 1.165) is 44.9 Å². The van der Waals surface area contributed by atoms with Crippen LogP contribution in [0.2, 0.25) is 0 Å². The zero-order chi connectivity index (χ0) is 24.4. The Kier molecular flexibility index (Phi) is 7.22. The molecule has 3 amide bonds. The monoisotopic (exact) mass is 472 g/mol. The molecule has 1 aliphatic heterocycles. The molecule has 3 aliphatic rings. The van der Waals surface area contributed by atoms with Crippen LogP contribution < -0.4 is 5.32 Å². The molecule has 1 saturated heterocycles. The van der Waals surface area contributed by atoms with Crippen LogP contribution in [0.5, 0.6) is 0 Å². The summed E-state index contributed by atoms with van der Waals surface area (Å²) in [6.07, 6.45) is 6.26. The van der Waals surface area contributed by atoms with Gasteiger partial charge >= 0.3 is 6.03 Å². The molecule has 1 heterocycles. The molecule has 188 valence electrons. The molecule has 4 rings (SSSR count). The smallest absolute Gasteiger partial charge is 0.320 e. The van der Waals surface area contributed by atoms with Gasteiger partial charge in [-0.2, -0.15) is 0 Å². The first-order valence-electron chi connectivity index (χ1n) is 12.6. The summed E-state index contributed by atoms with van der Waals surface area (Å²) >= 11 is 0. The van der Waals surface area contributed by atoms with Gasteiger partial charge in [0.2, 0.25) is 5.91 Å². The number of rotatable bonds is 9. The summed E-state index contributed by atoms with van der Waals surface area (Å²) in [5, 5.41) is 22.6. The van der Waals surface area contributed by atoms with Crippen LogP contribution in [0.3, 0.4) is 0 Å². The van der Waals surface area contributed by atoms with Crippen molar-refractivity contribution in [3.63, 3.8) is 0 Å². The zero-order valence-corrected chi connectivity index (χ0v) is 20.6. The molecule has 0 aromatic heterocycles. The number of hydrogen-bond acceptors (Lipinski definition) is 5. The number of amides is 3. The van der Waals surface area contributed by atoms with Crippen molar-refractivity contribution in [2.24, 2.45) is 0 Å². The summed E-state index contributed by atoms with van der Waals surface area (Å²) in [6, 6.07) is 10.6. The molecule has 2 aliphatic carbocycles. The minimum Gasteiger partial charge on any atom is -0.395 e. The molecule has 34 heavy (non-hydrogen) atoms. The van der Waals surface area contributed by atoms with Gasteiger partial charge in [0.1, 0.15) is 0 Å². The molecule has 8 nitrogen and oxygen atoms in total. The molecule has 3 N–H and O–H groups in total. The largest absolute Gasteiger partial charge is 0.395 e. The van der Waals surface area contributed by atoms with Gasteiger partial charge in [0.15, 0.2) is 0 Å². The van der Waals surface area contributed by atoms with Crippen molar-refractivity contribution in [2.75, 3.05) is 46.9 Å². The quantitative estimate of drug-likeness (QED) is 0.510. The zero-order valence-electron chi connectivity index (χ0n) is 20.6. The number of urea groups is 1. The number of carbonyl (C=O) groups excluding carboxylic acids is 2. The SMILES string of the molecule is CN(C)[C@]1(c2ccccc2)CC[C@@]2(CC1)CN(CCC(=O)NCCO)C(=O)N2CC1(O)CCC1. The third-order valence-electron chi connectivity index (χ3n) is 8.51. The Bertz CT molecular complexity index is 863. The number of hydrogen-bond donors (Lipinski definition) is 3. The Balaban J connectivity index is 1.53. The van der Waals surface area contributed by atoms with Crippen LogP contribution in [0, 0.1) is 0 Å². The average molecular weight is 473 g/mol. The summed E-state index contributed by atoms with van der Waals surface area (Å²) in [7, 11) is 4.27. The Morgan fingerprint density at radius 2 is 1.76 bits per heavy atom. The number of aliphatic hydroxyl groups excluding tert-OH is 1. The number of aliphatic hydroxyl groups is 2. The normalized spacial score (nSPS) is 28.4. The van der Waals surface area contributed by atoms with E-state index in [-0.39, 0.29) is 42.6 Å². The highest BCUT2D eigenvalue weighted by molar-refractivity contribution is 5.80. The van der Waals surface area contributed by atoms with E-state index in [9.17, 15) is 14.7 Å². The fourth-order valence-corrected chi connectivity index (χ4v) is 6.15. The van der Waals surface area contributed by atoms with Crippen molar-refractivity contribution >= 4 is 11.9 Å². The Morgan fingerprint density at radius 3 is 2.32 bits per heavy atom. The van der Waals surface area contributed by atoms with Crippen molar-refractivity contribution < 1.29 is 19.8 Å². The predicted octanol–water partition coefficient (Wildman–Crippen LogP) is 1.91. The maximum atomic E-state index is 13.5. The molecule has 0 atom stereocenters. The molecule has 1 spiro atoms. The third kappa shape index (κ3) is 4.68. The van der Waals surface area contributed by atoms with Crippen LogP contribution >= 0.6 is 0 Å². The second kappa shape index (κ2) is 9.84. The topological polar surface area (TPSA) is 96.3 Å². The van der Waals surface area contributed by atoms with Crippen LogP contribution in [0.4, 0.5) is 4.79 Å². The lowest BCUT2D eigenvalue weighted by Crippen LogP contribution is -2.59. The van der Waals surface area contributed by atoms with E-state index in [1.807, 2.05) is 11.0 Å². The fourth-order valence-electron chi connectivity index (χ4n) is 6.15. The van der Waals surface area contributed by atoms with Gasteiger partial charge in [0, 0.05) is 31.6 Å². The number of benzene rings is 1. The van der Waals surface area contributed by atoms with Gasteiger partial charge in [-0.15, -0.1) is 0 Å². The number of nitrogens with zero attached hydrogens (tertiary/aromatic N) is 3. The maximum absolute atomic E-state index is 13.5. The van der Waals surface area contributed by atoms with E-state index in [1.165, 1.54) is 5.56 Å². The predicted molar refractivity (Wildman–Crippen MR) is 130 cm³/mol. The van der Waals surface area contributed by atoms with Crippen LogP contribution in [0.25, 0.3) is 0 Å². The van der Waals surface area contributed by atoms with Gasteiger partial charge in [-0.25, -0.2) is 4.79 Å². The lowest BCUT2D eigenvalue weighted by atomic mass is 9.67. The molecule has 0 unspecified atom stereocenters. The van der Waals surface area contributed by atoms with Crippen molar-refractivity contribution in [1.29, 1.82) is 0 Å². The van der Waals surface area contributed by atoms with Gasteiger partial charge in [-0.05, 0) is 64.6 Å². The summed E-state index contributed by atoms with van der Waals surface area (Å²) in [5.41, 5.74) is 0.123. The number of β-amino-alcohol motifs (C(OH)–C–C–N with tert-alkyl or cyclic N) is 1. The first-order chi connectivity index (χ1) is 16.2. The molecule has 1 aromatic carbocycles. The van der Waals surface area contributed by atoms with Crippen LogP contribution in [0.1, 0.15) is 56.9 Å². The Hall–Kier alpha value is -2.16. The van der Waals surface area contributed by atoms with Crippen molar-refractivity contribution in [3.8, 4) is 0 Å². The second-order valence-corrected chi connectivity index (χ2v) is 10.7. The molecule has 8 heteroatoms. The average Bonchev–Trinajstić information content (AvgIpc) is 3.07. The molecule has 1 aromatic rings. The first kappa shape index (κ1) is 24.9. The van der Waals surface area contributed by atoms with Gasteiger partial charge in [0.05, 0.1) is 24.3 Å². The van der Waals surface area contributed by atoms with Crippen molar-refractivity contribution in [2.45, 2.75) is 68.0 Å². The first-order valence-corrected chi connectivity index (χ1v) is 12.6. The Morgan fingerprint density at radius 1 is 1.09 bits per heavy atom. The summed E-state index contributed by atoms with van der Waals surface area (Å²) < 4.78 is 0. The van der Waals surface area contributed by atoms with Crippen LogP contribution in [0.15, 0.2) is 30.3 Å². The molecule has 0 radical (unpaired) electrons. The summed E-state index contributed by atoms with van der Waals surface area (Å²) in [4.78, 5) is 31.7.